The molecule has 1 fully saturated rings. The zero-order valence-corrected chi connectivity index (χ0v) is 17.8. The predicted octanol–water partition coefficient (Wildman–Crippen LogP) is 4.77. The van der Waals surface area contributed by atoms with Crippen LogP contribution in [0.3, 0.4) is 0 Å². The van der Waals surface area contributed by atoms with Crippen molar-refractivity contribution in [1.29, 1.82) is 0 Å². The second kappa shape index (κ2) is 8.24. The summed E-state index contributed by atoms with van der Waals surface area (Å²) in [6.45, 7) is 2.15. The summed E-state index contributed by atoms with van der Waals surface area (Å²) in [5.74, 6) is -1.51. The fourth-order valence-corrected chi connectivity index (χ4v) is 4.04. The van der Waals surface area contributed by atoms with Crippen LogP contribution in [0.1, 0.15) is 28.3 Å². The molecule has 0 saturated carbocycles. The summed E-state index contributed by atoms with van der Waals surface area (Å²) in [5.41, 5.74) is 3.16. The first-order valence-corrected chi connectivity index (χ1v) is 10.2. The van der Waals surface area contributed by atoms with Gasteiger partial charge in [0.05, 0.1) is 11.6 Å². The molecule has 30 heavy (non-hydrogen) atoms. The van der Waals surface area contributed by atoms with Gasteiger partial charge in [-0.05, 0) is 36.2 Å². The normalized spacial score (nSPS) is 18.1. The molecule has 1 atom stereocenters. The van der Waals surface area contributed by atoms with Crippen molar-refractivity contribution >= 4 is 33.4 Å². The van der Waals surface area contributed by atoms with Gasteiger partial charge in [-0.1, -0.05) is 64.0 Å². The number of rotatable bonds is 4. The molecule has 1 aliphatic rings. The average molecular weight is 463 g/mol. The van der Waals surface area contributed by atoms with E-state index in [0.717, 1.165) is 21.2 Å². The van der Waals surface area contributed by atoms with Crippen molar-refractivity contribution in [3.05, 3.63) is 105 Å². The van der Waals surface area contributed by atoms with Crippen LogP contribution < -0.4 is 0 Å². The smallest absolute Gasteiger partial charge is 0.295 e. The Hall–Kier alpha value is -3.25. The van der Waals surface area contributed by atoms with Crippen LogP contribution in [0.2, 0.25) is 0 Å². The van der Waals surface area contributed by atoms with Crippen molar-refractivity contribution in [1.82, 2.24) is 9.88 Å². The van der Waals surface area contributed by atoms with Gasteiger partial charge in [-0.25, -0.2) is 0 Å². The Kier molecular flexibility index (Phi) is 5.50. The van der Waals surface area contributed by atoms with Crippen LogP contribution in [0.5, 0.6) is 0 Å². The molecule has 1 saturated heterocycles. The maximum atomic E-state index is 13.0. The van der Waals surface area contributed by atoms with Gasteiger partial charge in [0.15, 0.2) is 0 Å². The number of aliphatic hydroxyl groups is 1. The van der Waals surface area contributed by atoms with Crippen LogP contribution in [0.25, 0.3) is 5.76 Å². The maximum absolute atomic E-state index is 13.0. The molecule has 5 nitrogen and oxygen atoms in total. The summed E-state index contributed by atoms with van der Waals surface area (Å²) in [6, 6.07) is 17.6. The molecule has 1 N–H and O–H groups in total. The summed E-state index contributed by atoms with van der Waals surface area (Å²) < 4.78 is 0.822. The van der Waals surface area contributed by atoms with Crippen LogP contribution in [0.4, 0.5) is 0 Å². The molecule has 3 aromatic rings. The topological polar surface area (TPSA) is 70.5 Å². The van der Waals surface area contributed by atoms with E-state index in [0.29, 0.717) is 5.56 Å². The van der Waals surface area contributed by atoms with E-state index in [9.17, 15) is 14.7 Å². The predicted molar refractivity (Wildman–Crippen MR) is 117 cm³/mol. The van der Waals surface area contributed by atoms with E-state index >= 15 is 0 Å². The third-order valence-electron chi connectivity index (χ3n) is 5.11. The van der Waals surface area contributed by atoms with Gasteiger partial charge >= 0.3 is 0 Å². The van der Waals surface area contributed by atoms with Gasteiger partial charge in [-0.2, -0.15) is 0 Å². The van der Waals surface area contributed by atoms with E-state index < -0.39 is 17.7 Å². The fourth-order valence-electron chi connectivity index (χ4n) is 3.62. The van der Waals surface area contributed by atoms with E-state index in [1.54, 1.807) is 30.6 Å². The van der Waals surface area contributed by atoms with Crippen LogP contribution >= 0.6 is 15.9 Å². The summed E-state index contributed by atoms with van der Waals surface area (Å²) in [7, 11) is 0. The Labute approximate surface area is 182 Å². The van der Waals surface area contributed by atoms with Crippen molar-refractivity contribution in [3.63, 3.8) is 0 Å². The Morgan fingerprint density at radius 3 is 2.53 bits per heavy atom. The number of aromatic nitrogens is 1. The van der Waals surface area contributed by atoms with Crippen molar-refractivity contribution in [2.24, 2.45) is 0 Å². The molecule has 0 bridgehead atoms. The van der Waals surface area contributed by atoms with Crippen LogP contribution in [0.15, 0.2) is 83.1 Å². The molecule has 6 heteroatoms. The molecule has 0 aliphatic carbocycles. The first kappa shape index (κ1) is 20.0. The van der Waals surface area contributed by atoms with E-state index in [4.69, 9.17) is 0 Å². The Balaban J connectivity index is 1.87. The number of aliphatic hydroxyl groups excluding tert-OH is 1. The van der Waals surface area contributed by atoms with Crippen molar-refractivity contribution in [2.45, 2.75) is 19.5 Å². The number of likely N-dealkylation sites (tertiary alicyclic amines) is 1. The minimum absolute atomic E-state index is 0.0887. The molecule has 4 rings (SSSR count). The largest absolute Gasteiger partial charge is 0.507 e. The summed E-state index contributed by atoms with van der Waals surface area (Å²) in [4.78, 5) is 31.6. The Bertz CT molecular complexity index is 1140. The molecule has 1 aromatic heterocycles. The molecule has 0 unspecified atom stereocenters. The van der Waals surface area contributed by atoms with Gasteiger partial charge in [0.25, 0.3) is 11.7 Å². The lowest BCUT2D eigenvalue weighted by Crippen LogP contribution is -2.29. The second-order valence-corrected chi connectivity index (χ2v) is 8.12. The lowest BCUT2D eigenvalue weighted by molar-refractivity contribution is -0.140. The SMILES string of the molecule is Cc1ccc(C(O)=C2C(=O)C(=O)N(Cc3cccnc3)[C@H]2c2cccc(Br)c2)cc1. The number of pyridine rings is 1. The molecule has 150 valence electrons. The number of hydrogen-bond donors (Lipinski definition) is 1. The molecule has 0 spiro atoms. The number of Topliss-reactive ketones (excluding diaryl/α,β-unsaturated/α-hetero) is 1. The van der Waals surface area contributed by atoms with E-state index in [1.807, 2.05) is 49.4 Å². The van der Waals surface area contributed by atoms with Gasteiger partial charge < -0.3 is 10.0 Å². The van der Waals surface area contributed by atoms with Crippen LogP contribution in [0, 0.1) is 6.92 Å². The van der Waals surface area contributed by atoms with Gasteiger partial charge in [0.2, 0.25) is 0 Å². The number of aryl methyl sites for hydroxylation is 1. The number of carbonyl (C=O) groups is 2. The fraction of sp³-hybridized carbons (Fsp3) is 0.125. The zero-order valence-electron chi connectivity index (χ0n) is 16.2. The summed E-state index contributed by atoms with van der Waals surface area (Å²) >= 11 is 3.46. The van der Waals surface area contributed by atoms with Crippen molar-refractivity contribution in [2.75, 3.05) is 0 Å². The number of nitrogens with zero attached hydrogens (tertiary/aromatic N) is 2. The number of halogens is 1. The quantitative estimate of drug-likeness (QED) is 0.344. The minimum atomic E-state index is -0.705. The third kappa shape index (κ3) is 3.78. The average Bonchev–Trinajstić information content (AvgIpc) is 2.99. The molecule has 1 amide bonds. The van der Waals surface area contributed by atoms with E-state index in [2.05, 4.69) is 20.9 Å². The highest BCUT2D eigenvalue weighted by Gasteiger charge is 2.46. The van der Waals surface area contributed by atoms with Gasteiger partial charge in [-0.15, -0.1) is 0 Å². The number of benzene rings is 2. The molecule has 0 radical (unpaired) electrons. The minimum Gasteiger partial charge on any atom is -0.507 e. The monoisotopic (exact) mass is 462 g/mol. The van der Waals surface area contributed by atoms with Crippen molar-refractivity contribution in [3.8, 4) is 0 Å². The second-order valence-electron chi connectivity index (χ2n) is 7.21. The maximum Gasteiger partial charge on any atom is 0.295 e. The number of carbonyl (C=O) groups excluding carboxylic acids is 2. The highest BCUT2D eigenvalue weighted by atomic mass is 79.9. The van der Waals surface area contributed by atoms with Gasteiger partial charge in [0.1, 0.15) is 5.76 Å². The Morgan fingerprint density at radius 1 is 1.10 bits per heavy atom. The van der Waals surface area contributed by atoms with Gasteiger partial charge in [-0.3, -0.25) is 14.6 Å². The summed E-state index contributed by atoms with van der Waals surface area (Å²) in [5, 5.41) is 11.0. The standard InChI is InChI=1S/C24H19BrN2O3/c1-15-7-9-17(10-8-15)22(28)20-21(18-5-2-6-19(25)12-18)27(24(30)23(20)29)14-16-4-3-11-26-13-16/h2-13,21,28H,14H2,1H3/t21-/m0/s1. The highest BCUT2D eigenvalue weighted by Crippen LogP contribution is 2.40. The first-order chi connectivity index (χ1) is 14.5. The first-order valence-electron chi connectivity index (χ1n) is 9.45. The van der Waals surface area contributed by atoms with E-state index in [1.165, 1.54) is 4.90 Å². The molecular weight excluding hydrogens is 444 g/mol. The highest BCUT2D eigenvalue weighted by molar-refractivity contribution is 9.10. The molecule has 2 aromatic carbocycles. The van der Waals surface area contributed by atoms with Crippen LogP contribution in [-0.2, 0) is 16.1 Å². The van der Waals surface area contributed by atoms with E-state index in [-0.39, 0.29) is 17.9 Å². The molecular formula is C24H19BrN2O3. The number of ketones is 1. The number of amides is 1. The molecule has 2 heterocycles. The third-order valence-corrected chi connectivity index (χ3v) is 5.60. The summed E-state index contributed by atoms with van der Waals surface area (Å²) in [6.07, 6.45) is 3.32. The van der Waals surface area contributed by atoms with Crippen LogP contribution in [-0.4, -0.2) is 26.7 Å². The zero-order chi connectivity index (χ0) is 21.3. The lowest BCUT2D eigenvalue weighted by Gasteiger charge is -2.25. The van der Waals surface area contributed by atoms with Gasteiger partial charge in [0, 0.05) is 29.0 Å². The molecule has 1 aliphatic heterocycles. The Morgan fingerprint density at radius 2 is 1.87 bits per heavy atom. The number of hydrogen-bond acceptors (Lipinski definition) is 4. The van der Waals surface area contributed by atoms with Crippen molar-refractivity contribution < 1.29 is 14.7 Å². The lowest BCUT2D eigenvalue weighted by atomic mass is 9.95.